The van der Waals surface area contributed by atoms with Gasteiger partial charge in [0.05, 0.1) is 30.6 Å². The highest BCUT2D eigenvalue weighted by Gasteiger charge is 2.35. The smallest absolute Gasteiger partial charge is 0.331 e. The van der Waals surface area contributed by atoms with Crippen LogP contribution in [0.25, 0.3) is 11.4 Å². The number of ether oxygens (including phenoxy) is 1. The molecule has 1 aliphatic heterocycles. The van der Waals surface area contributed by atoms with Crippen LogP contribution in [0.2, 0.25) is 0 Å². The van der Waals surface area contributed by atoms with E-state index in [4.69, 9.17) is 9.72 Å². The van der Waals surface area contributed by atoms with E-state index < -0.39 is 14.6 Å². The largest absolute Gasteiger partial charge is 0.377 e. The third kappa shape index (κ3) is 4.84. The molecule has 0 radical (unpaired) electrons. The van der Waals surface area contributed by atoms with Gasteiger partial charge in [-0.1, -0.05) is 12.8 Å². The Hall–Kier alpha value is -2.37. The Morgan fingerprint density at radius 2 is 1.94 bits per heavy atom. The molecule has 32 heavy (non-hydrogen) atoms. The first-order valence-electron chi connectivity index (χ1n) is 10.2. The number of nitrogens with one attached hydrogen (secondary N) is 1. The number of rotatable bonds is 5. The number of anilines is 2. The maximum Gasteiger partial charge on any atom is 0.331 e. The molecule has 0 unspecified atom stereocenters. The number of aromatic nitrogens is 2. The Kier molecular flexibility index (Phi) is 7.01. The number of sulfone groups is 1. The number of nitrogens with zero attached hydrogens (tertiary/aromatic N) is 4. The molecule has 9 nitrogen and oxygen atoms in total. The average Bonchev–Trinajstić information content (AvgIpc) is 2.77. The normalized spacial score (nSPS) is 17.2. The summed E-state index contributed by atoms with van der Waals surface area (Å²) in [4.78, 5) is 23.3. The van der Waals surface area contributed by atoms with E-state index in [0.717, 1.165) is 0 Å². The Balaban J connectivity index is 2.09. The first kappa shape index (κ1) is 24.3. The van der Waals surface area contributed by atoms with Gasteiger partial charge in [-0.2, -0.15) is 0 Å². The molecule has 0 spiro atoms. The minimum Gasteiger partial charge on any atom is -0.377 e. The molecule has 1 aromatic carbocycles. The van der Waals surface area contributed by atoms with Crippen LogP contribution in [0.1, 0.15) is 26.5 Å². The molecule has 11 heteroatoms. The van der Waals surface area contributed by atoms with E-state index in [1.807, 2.05) is 6.92 Å². The summed E-state index contributed by atoms with van der Waals surface area (Å²) in [5, 5.41) is 2.51. The van der Waals surface area contributed by atoms with Crippen molar-refractivity contribution in [1.82, 2.24) is 15.3 Å². The van der Waals surface area contributed by atoms with E-state index in [0.29, 0.717) is 48.3 Å². The van der Waals surface area contributed by atoms with Crippen molar-refractivity contribution in [1.29, 1.82) is 0 Å². The lowest BCUT2D eigenvalue weighted by Gasteiger charge is -2.35. The number of hydrogen-bond donors (Lipinski definition) is 2. The summed E-state index contributed by atoms with van der Waals surface area (Å²) >= 11 is 4.20. The Labute approximate surface area is 194 Å². The zero-order valence-corrected chi connectivity index (χ0v) is 20.6. The minimum absolute atomic E-state index is 0.0911. The van der Waals surface area contributed by atoms with Crippen molar-refractivity contribution in [3.05, 3.63) is 36.0 Å². The highest BCUT2D eigenvalue weighted by Crippen LogP contribution is 2.33. The van der Waals surface area contributed by atoms with Gasteiger partial charge in [0.25, 0.3) is 0 Å². The van der Waals surface area contributed by atoms with Crippen LogP contribution in [-0.4, -0.2) is 63.5 Å². The predicted octanol–water partition coefficient (Wildman–Crippen LogP) is 2.64. The van der Waals surface area contributed by atoms with Crippen LogP contribution in [0.3, 0.4) is 0 Å². The van der Waals surface area contributed by atoms with Gasteiger partial charge in [0.15, 0.2) is 15.7 Å². The number of urea groups is 1. The lowest BCUT2D eigenvalue weighted by atomic mass is 10.1. The number of carbonyl (C=O) groups is 1. The number of carbonyl (C=O) groups excluding carboxylic acids is 1. The zero-order valence-electron chi connectivity index (χ0n) is 18.9. The highest BCUT2D eigenvalue weighted by molar-refractivity contribution is 7.91. The van der Waals surface area contributed by atoms with Crippen LogP contribution in [-0.2, 0) is 19.3 Å². The summed E-state index contributed by atoms with van der Waals surface area (Å²) < 4.78 is 30.6. The number of amides is 2. The van der Waals surface area contributed by atoms with Crippen LogP contribution in [0, 0.1) is 0 Å². The average molecular weight is 480 g/mol. The summed E-state index contributed by atoms with van der Waals surface area (Å²) in [7, 11) is -1.92. The van der Waals surface area contributed by atoms with Crippen LogP contribution >= 0.6 is 12.8 Å². The standard InChI is InChI=1S/C21H29N5O4S2/c1-14-13-30-11-10-25(14)18-12-17(21(2,3)32(5,28)29)23-19(24-18)15-6-8-16(9-7-15)26(31)20(27)22-4/h6-9,12,14,31H,10-11,13H2,1-5H3,(H,22,27)/t14-/m0/s1. The second-order valence-corrected chi connectivity index (χ2v) is 11.2. The third-order valence-corrected chi connectivity index (χ3v) is 8.17. The molecule has 2 amide bonds. The van der Waals surface area contributed by atoms with Crippen molar-refractivity contribution in [2.75, 3.05) is 42.3 Å². The van der Waals surface area contributed by atoms with Crippen molar-refractivity contribution in [2.45, 2.75) is 31.6 Å². The monoisotopic (exact) mass is 479 g/mol. The van der Waals surface area contributed by atoms with Gasteiger partial charge >= 0.3 is 6.03 Å². The van der Waals surface area contributed by atoms with E-state index in [1.54, 1.807) is 44.2 Å². The van der Waals surface area contributed by atoms with Gasteiger partial charge in [-0.3, -0.25) is 0 Å². The zero-order chi connectivity index (χ0) is 23.7. The molecule has 174 valence electrons. The predicted molar refractivity (Wildman–Crippen MR) is 129 cm³/mol. The molecule has 1 aromatic heterocycles. The molecule has 1 saturated heterocycles. The molecule has 0 saturated carbocycles. The second-order valence-electron chi connectivity index (χ2n) is 8.25. The van der Waals surface area contributed by atoms with Crippen LogP contribution in [0.15, 0.2) is 30.3 Å². The Bertz CT molecular complexity index is 1090. The van der Waals surface area contributed by atoms with Crippen molar-refractivity contribution >= 4 is 40.2 Å². The summed E-state index contributed by atoms with van der Waals surface area (Å²) in [5.41, 5.74) is 1.69. The fraction of sp³-hybridized carbons (Fsp3) is 0.476. The topological polar surface area (TPSA) is 105 Å². The molecule has 1 aliphatic rings. The van der Waals surface area contributed by atoms with Crippen LogP contribution < -0.4 is 14.5 Å². The summed E-state index contributed by atoms with van der Waals surface area (Å²) in [6.07, 6.45) is 1.21. The highest BCUT2D eigenvalue weighted by atomic mass is 32.2. The van der Waals surface area contributed by atoms with E-state index in [-0.39, 0.29) is 12.1 Å². The minimum atomic E-state index is -3.44. The maximum absolute atomic E-state index is 12.5. The maximum atomic E-state index is 12.5. The first-order chi connectivity index (χ1) is 15.0. The van der Waals surface area contributed by atoms with Crippen LogP contribution in [0.5, 0.6) is 0 Å². The summed E-state index contributed by atoms with van der Waals surface area (Å²) in [5.74, 6) is 1.06. The first-order valence-corrected chi connectivity index (χ1v) is 12.5. The molecular formula is C21H29N5O4S2. The summed E-state index contributed by atoms with van der Waals surface area (Å²) in [6, 6.07) is 8.49. The lowest BCUT2D eigenvalue weighted by Crippen LogP contribution is -2.44. The van der Waals surface area contributed by atoms with Gasteiger partial charge in [-0.15, -0.1) is 0 Å². The quantitative estimate of drug-likeness (QED) is 0.635. The molecule has 0 aliphatic carbocycles. The van der Waals surface area contributed by atoms with E-state index >= 15 is 0 Å². The fourth-order valence-electron chi connectivity index (χ4n) is 3.25. The number of thiol groups is 1. The molecule has 0 bridgehead atoms. The number of hydrogen-bond acceptors (Lipinski definition) is 8. The molecule has 2 heterocycles. The van der Waals surface area contributed by atoms with Gasteiger partial charge in [0.1, 0.15) is 10.6 Å². The van der Waals surface area contributed by atoms with Crippen molar-refractivity contribution in [2.24, 2.45) is 0 Å². The molecular weight excluding hydrogens is 450 g/mol. The molecule has 2 aromatic rings. The van der Waals surface area contributed by atoms with Gasteiger partial charge < -0.3 is 15.0 Å². The molecule has 1 fully saturated rings. The molecule has 1 N–H and O–H groups in total. The van der Waals surface area contributed by atoms with Gasteiger partial charge in [-0.05, 0) is 45.0 Å². The van der Waals surface area contributed by atoms with E-state index in [9.17, 15) is 13.2 Å². The number of benzene rings is 1. The number of morpholine rings is 1. The van der Waals surface area contributed by atoms with Crippen molar-refractivity contribution < 1.29 is 17.9 Å². The third-order valence-electron chi connectivity index (χ3n) is 5.69. The Morgan fingerprint density at radius 3 is 2.50 bits per heavy atom. The lowest BCUT2D eigenvalue weighted by molar-refractivity contribution is 0.0985. The van der Waals surface area contributed by atoms with E-state index in [2.05, 4.69) is 28.0 Å². The molecule has 1 atom stereocenters. The van der Waals surface area contributed by atoms with E-state index in [1.165, 1.54) is 17.6 Å². The van der Waals surface area contributed by atoms with Crippen LogP contribution in [0.4, 0.5) is 16.3 Å². The second kappa shape index (κ2) is 9.24. The molecule has 3 rings (SSSR count). The van der Waals surface area contributed by atoms with Gasteiger partial charge in [0.2, 0.25) is 0 Å². The van der Waals surface area contributed by atoms with Gasteiger partial charge in [-0.25, -0.2) is 27.5 Å². The SMILES string of the molecule is CNC(=O)N(S)c1ccc(-c2nc(N3CCOC[C@@H]3C)cc(C(C)(C)S(C)(=O)=O)n2)cc1. The van der Waals surface area contributed by atoms with Crippen molar-refractivity contribution in [3.8, 4) is 11.4 Å². The summed E-state index contributed by atoms with van der Waals surface area (Å²) in [6.45, 7) is 7.11. The Morgan fingerprint density at radius 1 is 1.28 bits per heavy atom. The van der Waals surface area contributed by atoms with Gasteiger partial charge in [0, 0.05) is 31.5 Å². The van der Waals surface area contributed by atoms with Crippen molar-refractivity contribution in [3.63, 3.8) is 0 Å². The fourth-order valence-corrected chi connectivity index (χ4v) is 3.97.